The molecule has 5 rings (SSSR count). The normalized spacial score (nSPS) is 23.1. The summed E-state index contributed by atoms with van der Waals surface area (Å²) in [6.07, 6.45) is 8.64. The number of benzene rings is 1. The summed E-state index contributed by atoms with van der Waals surface area (Å²) < 4.78 is 2.68. The summed E-state index contributed by atoms with van der Waals surface area (Å²) in [7, 11) is 2.25. The average molecular weight is 360 g/mol. The number of pyridine rings is 1. The first-order valence-corrected chi connectivity index (χ1v) is 10.3. The zero-order chi connectivity index (χ0) is 18.6. The van der Waals surface area contributed by atoms with Gasteiger partial charge in [0.1, 0.15) is 0 Å². The zero-order valence-electron chi connectivity index (χ0n) is 16.8. The molecule has 3 heteroatoms. The molecule has 0 saturated heterocycles. The number of likely N-dealkylation sites (N-methyl/N-ethyl adjacent to an activating group) is 1. The molecule has 0 radical (unpaired) electrons. The summed E-state index contributed by atoms with van der Waals surface area (Å²) in [5.41, 5.74) is 9.22. The summed E-state index contributed by atoms with van der Waals surface area (Å²) in [6.45, 7) is 8.11. The number of aromatic nitrogens is 2. The van der Waals surface area contributed by atoms with Crippen molar-refractivity contribution in [1.29, 1.82) is 0 Å². The van der Waals surface area contributed by atoms with Gasteiger partial charge in [-0.25, -0.2) is 0 Å². The molecule has 3 aromatic rings. The van der Waals surface area contributed by atoms with Crippen LogP contribution in [0, 0.1) is 6.92 Å². The second-order valence-corrected chi connectivity index (χ2v) is 8.96. The van der Waals surface area contributed by atoms with Gasteiger partial charge in [-0.2, -0.15) is 0 Å². The minimum absolute atomic E-state index is 0.177. The van der Waals surface area contributed by atoms with Gasteiger partial charge in [0, 0.05) is 49.5 Å². The van der Waals surface area contributed by atoms with Crippen molar-refractivity contribution < 1.29 is 0 Å². The molecule has 4 heterocycles. The highest BCUT2D eigenvalue weighted by Gasteiger charge is 2.32. The van der Waals surface area contributed by atoms with Crippen LogP contribution in [0.25, 0.3) is 10.9 Å². The van der Waals surface area contributed by atoms with E-state index in [2.05, 4.69) is 59.6 Å². The first kappa shape index (κ1) is 17.0. The maximum Gasteiger partial charge on any atom is 0.0518 e. The Labute approximate surface area is 162 Å². The van der Waals surface area contributed by atoms with E-state index in [1.165, 1.54) is 53.4 Å². The van der Waals surface area contributed by atoms with Gasteiger partial charge in [0.15, 0.2) is 0 Å². The molecule has 1 atom stereocenters. The molecule has 1 aromatic carbocycles. The van der Waals surface area contributed by atoms with Crippen LogP contribution in [0.4, 0.5) is 0 Å². The van der Waals surface area contributed by atoms with Gasteiger partial charge in [-0.1, -0.05) is 18.6 Å². The van der Waals surface area contributed by atoms with E-state index >= 15 is 0 Å². The number of fused-ring (bicyclic) bond motifs is 3. The summed E-state index contributed by atoms with van der Waals surface area (Å²) in [6, 6.07) is 9.30. The Kier molecular flexibility index (Phi) is 3.90. The topological polar surface area (TPSA) is 21.1 Å². The van der Waals surface area contributed by atoms with E-state index < -0.39 is 0 Å². The number of rotatable bonds is 1. The molecular weight excluding hydrogens is 330 g/mol. The minimum Gasteiger partial charge on any atom is -0.344 e. The lowest BCUT2D eigenvalue weighted by Crippen LogP contribution is -2.29. The van der Waals surface area contributed by atoms with E-state index in [0.717, 1.165) is 19.5 Å². The van der Waals surface area contributed by atoms with Crippen LogP contribution < -0.4 is 0 Å². The van der Waals surface area contributed by atoms with Crippen molar-refractivity contribution in [3.05, 3.63) is 64.6 Å². The highest BCUT2D eigenvalue weighted by Crippen LogP contribution is 2.41. The van der Waals surface area contributed by atoms with Gasteiger partial charge in [0.2, 0.25) is 0 Å². The maximum absolute atomic E-state index is 4.24. The molecule has 27 heavy (non-hydrogen) atoms. The molecule has 2 aromatic heterocycles. The van der Waals surface area contributed by atoms with Crippen molar-refractivity contribution in [2.75, 3.05) is 13.6 Å². The molecule has 0 N–H and O–H groups in total. The van der Waals surface area contributed by atoms with Crippen molar-refractivity contribution in [2.24, 2.45) is 0 Å². The second-order valence-electron chi connectivity index (χ2n) is 8.96. The zero-order valence-corrected chi connectivity index (χ0v) is 16.8. The van der Waals surface area contributed by atoms with E-state index in [1.807, 2.05) is 12.4 Å². The Hall–Kier alpha value is -2.13. The highest BCUT2D eigenvalue weighted by molar-refractivity contribution is 5.89. The molecular formula is C24H29N3. The first-order chi connectivity index (χ1) is 13.0. The smallest absolute Gasteiger partial charge is 0.0518 e. The van der Waals surface area contributed by atoms with E-state index in [0.29, 0.717) is 0 Å². The summed E-state index contributed by atoms with van der Waals surface area (Å²) >= 11 is 0. The summed E-state index contributed by atoms with van der Waals surface area (Å²) in [5, 5.41) is 1.51. The van der Waals surface area contributed by atoms with Crippen molar-refractivity contribution in [3.63, 3.8) is 0 Å². The predicted octanol–water partition coefficient (Wildman–Crippen LogP) is 4.63. The fourth-order valence-corrected chi connectivity index (χ4v) is 5.48. The average Bonchev–Trinajstić information content (AvgIpc) is 2.94. The summed E-state index contributed by atoms with van der Waals surface area (Å²) in [5.74, 6) is 0. The van der Waals surface area contributed by atoms with Gasteiger partial charge in [0.25, 0.3) is 0 Å². The van der Waals surface area contributed by atoms with Crippen LogP contribution in [0.1, 0.15) is 47.7 Å². The standard InChI is InChI=1S/C24H29N3/c1-17-13-18-15-24(2,19-5-9-25-10-6-19)8-4-11-27-22-7-12-26(3)16-21(22)20(14-17)23(18)27/h5-6,9-10,13-14H,4,7-8,11-12,15-16H2,1-3H3. The van der Waals surface area contributed by atoms with E-state index in [-0.39, 0.29) is 5.41 Å². The first-order valence-electron chi connectivity index (χ1n) is 10.3. The van der Waals surface area contributed by atoms with Crippen LogP contribution in [0.2, 0.25) is 0 Å². The molecule has 1 unspecified atom stereocenters. The van der Waals surface area contributed by atoms with Crippen LogP contribution in [0.3, 0.4) is 0 Å². The fraction of sp³-hybridized carbons (Fsp3) is 0.458. The van der Waals surface area contributed by atoms with Gasteiger partial charge in [-0.15, -0.1) is 0 Å². The van der Waals surface area contributed by atoms with Gasteiger partial charge < -0.3 is 9.47 Å². The molecule has 140 valence electrons. The molecule has 0 amide bonds. The van der Waals surface area contributed by atoms with Gasteiger partial charge in [-0.3, -0.25) is 4.98 Å². The third-order valence-electron chi connectivity index (χ3n) is 6.83. The quantitative estimate of drug-likeness (QED) is 0.632. The van der Waals surface area contributed by atoms with Crippen LogP contribution in [0.15, 0.2) is 36.7 Å². The highest BCUT2D eigenvalue weighted by atomic mass is 15.1. The Morgan fingerprint density at radius 1 is 1.11 bits per heavy atom. The van der Waals surface area contributed by atoms with E-state index in [4.69, 9.17) is 0 Å². The lowest BCUT2D eigenvalue weighted by molar-refractivity contribution is 0.307. The molecule has 0 bridgehead atoms. The number of aryl methyl sites for hydroxylation is 2. The third kappa shape index (κ3) is 2.71. The lowest BCUT2D eigenvalue weighted by Gasteiger charge is -2.33. The number of nitrogens with zero attached hydrogens (tertiary/aromatic N) is 3. The molecule has 0 aliphatic carbocycles. The van der Waals surface area contributed by atoms with Crippen LogP contribution in [-0.2, 0) is 31.3 Å². The van der Waals surface area contributed by atoms with Gasteiger partial charge in [0.05, 0.1) is 5.52 Å². The lowest BCUT2D eigenvalue weighted by atomic mass is 9.73. The minimum atomic E-state index is 0.177. The maximum atomic E-state index is 4.24. The van der Waals surface area contributed by atoms with Gasteiger partial charge >= 0.3 is 0 Å². The molecule has 0 saturated carbocycles. The SMILES string of the molecule is Cc1cc2c3c(c1)c1c(n3CCCC(C)(c3ccncc3)C2)CCN(C)C1. The monoisotopic (exact) mass is 359 g/mol. The number of hydrogen-bond donors (Lipinski definition) is 0. The van der Waals surface area contributed by atoms with Crippen LogP contribution >= 0.6 is 0 Å². The van der Waals surface area contributed by atoms with Crippen LogP contribution in [0.5, 0.6) is 0 Å². The van der Waals surface area contributed by atoms with E-state index in [9.17, 15) is 0 Å². The Morgan fingerprint density at radius 3 is 2.74 bits per heavy atom. The second kappa shape index (κ2) is 6.20. The Bertz CT molecular complexity index is 1000. The fourth-order valence-electron chi connectivity index (χ4n) is 5.48. The molecule has 2 aliphatic heterocycles. The molecule has 3 nitrogen and oxygen atoms in total. The molecule has 0 spiro atoms. The molecule has 2 aliphatic rings. The van der Waals surface area contributed by atoms with E-state index in [1.54, 1.807) is 11.3 Å². The summed E-state index contributed by atoms with van der Waals surface area (Å²) in [4.78, 5) is 6.71. The number of hydrogen-bond acceptors (Lipinski definition) is 2. The Balaban J connectivity index is 1.72. The third-order valence-corrected chi connectivity index (χ3v) is 6.83. The van der Waals surface area contributed by atoms with Crippen molar-refractivity contribution in [3.8, 4) is 0 Å². The van der Waals surface area contributed by atoms with Crippen LogP contribution in [-0.4, -0.2) is 28.0 Å². The predicted molar refractivity (Wildman–Crippen MR) is 111 cm³/mol. The van der Waals surface area contributed by atoms with Crippen molar-refractivity contribution in [1.82, 2.24) is 14.5 Å². The van der Waals surface area contributed by atoms with Crippen molar-refractivity contribution in [2.45, 2.75) is 58.0 Å². The van der Waals surface area contributed by atoms with Gasteiger partial charge in [-0.05, 0) is 73.5 Å². The largest absolute Gasteiger partial charge is 0.344 e. The Morgan fingerprint density at radius 2 is 1.93 bits per heavy atom. The molecule has 0 fully saturated rings. The van der Waals surface area contributed by atoms with Crippen molar-refractivity contribution >= 4 is 10.9 Å².